The van der Waals surface area contributed by atoms with Gasteiger partial charge >= 0.3 is 5.97 Å². The van der Waals surface area contributed by atoms with Gasteiger partial charge in [-0.2, -0.15) is 0 Å². The van der Waals surface area contributed by atoms with Gasteiger partial charge in [-0.25, -0.2) is 4.79 Å². The molecule has 4 heteroatoms. The second kappa shape index (κ2) is 5.21. The highest BCUT2D eigenvalue weighted by Gasteiger charge is 2.22. The molecule has 0 heterocycles. The Morgan fingerprint density at radius 2 is 1.83 bits per heavy atom. The number of methoxy groups -OCH3 is 1. The molecule has 0 aliphatic heterocycles. The average molecular weight is 249 g/mol. The maximum atomic E-state index is 11.9. The first-order chi connectivity index (χ1) is 8.27. The molecular weight excluding hydrogens is 230 g/mol. The lowest BCUT2D eigenvalue weighted by Crippen LogP contribution is -2.28. The number of hydrogen-bond donors (Lipinski definition) is 1. The van der Waals surface area contributed by atoms with Gasteiger partial charge in [0.1, 0.15) is 0 Å². The minimum Gasteiger partial charge on any atom is -0.465 e. The Balaban J connectivity index is 3.05. The fourth-order valence-corrected chi connectivity index (χ4v) is 1.41. The van der Waals surface area contributed by atoms with Gasteiger partial charge < -0.3 is 10.1 Å². The summed E-state index contributed by atoms with van der Waals surface area (Å²) in [5.74, 6) is -0.494. The molecule has 98 valence electrons. The van der Waals surface area contributed by atoms with Crippen LogP contribution in [0.3, 0.4) is 0 Å². The quantitative estimate of drug-likeness (QED) is 0.820. The van der Waals surface area contributed by atoms with Crippen LogP contribution >= 0.6 is 0 Å². The Labute approximate surface area is 107 Å². The number of ether oxygens (including phenoxy) is 1. The zero-order chi connectivity index (χ0) is 13.9. The van der Waals surface area contributed by atoms with E-state index in [1.54, 1.807) is 25.1 Å². The third kappa shape index (κ3) is 3.09. The molecule has 1 rings (SSSR count). The number of carbonyl (C=O) groups excluding carboxylic acids is 2. The predicted octanol–water partition coefficient (Wildman–Crippen LogP) is 2.77. The highest BCUT2D eigenvalue weighted by molar-refractivity contribution is 5.98. The van der Waals surface area contributed by atoms with Crippen LogP contribution in [-0.4, -0.2) is 19.0 Å². The molecule has 0 aliphatic carbocycles. The van der Waals surface area contributed by atoms with Gasteiger partial charge in [-0.15, -0.1) is 0 Å². The topological polar surface area (TPSA) is 55.4 Å². The number of anilines is 1. The number of hydrogen-bond acceptors (Lipinski definition) is 3. The summed E-state index contributed by atoms with van der Waals surface area (Å²) in [6.45, 7) is 7.29. The summed E-state index contributed by atoms with van der Waals surface area (Å²) >= 11 is 0. The van der Waals surface area contributed by atoms with Crippen molar-refractivity contribution in [2.24, 2.45) is 5.41 Å². The van der Waals surface area contributed by atoms with E-state index in [0.717, 1.165) is 0 Å². The summed E-state index contributed by atoms with van der Waals surface area (Å²) < 4.78 is 4.69. The smallest absolute Gasteiger partial charge is 0.338 e. The van der Waals surface area contributed by atoms with Gasteiger partial charge in [-0.3, -0.25) is 4.79 Å². The fraction of sp³-hybridized carbons (Fsp3) is 0.429. The normalized spacial score (nSPS) is 10.9. The van der Waals surface area contributed by atoms with Crippen LogP contribution in [0.5, 0.6) is 0 Å². The van der Waals surface area contributed by atoms with Crippen LogP contribution in [0, 0.1) is 12.3 Å². The second-order valence-corrected chi connectivity index (χ2v) is 5.17. The molecule has 0 bridgehead atoms. The summed E-state index contributed by atoms with van der Waals surface area (Å²) in [7, 11) is 1.34. The maximum absolute atomic E-state index is 11.9. The second-order valence-electron chi connectivity index (χ2n) is 5.17. The first-order valence-electron chi connectivity index (χ1n) is 5.76. The van der Waals surface area contributed by atoms with Crippen molar-refractivity contribution in [3.05, 3.63) is 29.3 Å². The molecule has 1 aromatic carbocycles. The summed E-state index contributed by atoms with van der Waals surface area (Å²) in [6.07, 6.45) is 0. The van der Waals surface area contributed by atoms with E-state index in [2.05, 4.69) is 5.32 Å². The molecule has 0 radical (unpaired) electrons. The molecule has 0 aromatic heterocycles. The van der Waals surface area contributed by atoms with Crippen molar-refractivity contribution >= 4 is 17.6 Å². The zero-order valence-electron chi connectivity index (χ0n) is 11.5. The molecular formula is C14H19NO3. The molecule has 1 N–H and O–H groups in total. The number of amides is 1. The number of benzene rings is 1. The molecule has 0 atom stereocenters. The summed E-state index contributed by atoms with van der Waals surface area (Å²) in [5.41, 5.74) is 1.33. The summed E-state index contributed by atoms with van der Waals surface area (Å²) in [6, 6.07) is 5.16. The number of nitrogens with one attached hydrogen (secondary N) is 1. The van der Waals surface area contributed by atoms with Crippen LogP contribution in [0.15, 0.2) is 18.2 Å². The van der Waals surface area contributed by atoms with Gasteiger partial charge in [0.25, 0.3) is 0 Å². The van der Waals surface area contributed by atoms with E-state index < -0.39 is 11.4 Å². The van der Waals surface area contributed by atoms with Gasteiger partial charge in [-0.05, 0) is 24.6 Å². The van der Waals surface area contributed by atoms with Crippen molar-refractivity contribution in [3.63, 3.8) is 0 Å². The van der Waals surface area contributed by atoms with Gasteiger partial charge in [-0.1, -0.05) is 26.8 Å². The monoisotopic (exact) mass is 249 g/mol. The molecule has 4 nitrogen and oxygen atoms in total. The molecule has 0 aliphatic rings. The van der Waals surface area contributed by atoms with Crippen molar-refractivity contribution in [3.8, 4) is 0 Å². The molecule has 1 aromatic rings. The van der Waals surface area contributed by atoms with E-state index in [0.29, 0.717) is 16.8 Å². The summed E-state index contributed by atoms with van der Waals surface area (Å²) in [5, 5.41) is 2.82. The van der Waals surface area contributed by atoms with Crippen molar-refractivity contribution in [1.29, 1.82) is 0 Å². The summed E-state index contributed by atoms with van der Waals surface area (Å²) in [4.78, 5) is 23.4. The van der Waals surface area contributed by atoms with Gasteiger partial charge in [0.2, 0.25) is 5.91 Å². The van der Waals surface area contributed by atoms with Gasteiger partial charge in [0.15, 0.2) is 0 Å². The Bertz CT molecular complexity index is 472. The van der Waals surface area contributed by atoms with E-state index in [1.807, 2.05) is 20.8 Å². The standard InChI is InChI=1S/C14H19NO3/c1-9-10(12(16)18-5)7-6-8-11(9)15-13(17)14(2,3)4/h6-8H,1-5H3,(H,15,17). The van der Waals surface area contributed by atoms with Crippen LogP contribution in [0.1, 0.15) is 36.7 Å². The minimum atomic E-state index is -0.478. The highest BCUT2D eigenvalue weighted by atomic mass is 16.5. The van der Waals surface area contributed by atoms with E-state index >= 15 is 0 Å². The van der Waals surface area contributed by atoms with Crippen molar-refractivity contribution < 1.29 is 14.3 Å². The van der Waals surface area contributed by atoms with Crippen molar-refractivity contribution in [2.75, 3.05) is 12.4 Å². The molecule has 0 unspecified atom stereocenters. The molecule has 0 saturated heterocycles. The lowest BCUT2D eigenvalue weighted by Gasteiger charge is -2.19. The Morgan fingerprint density at radius 1 is 1.22 bits per heavy atom. The van der Waals surface area contributed by atoms with Crippen LogP contribution in [0.4, 0.5) is 5.69 Å². The van der Waals surface area contributed by atoms with Gasteiger partial charge in [0.05, 0.1) is 12.7 Å². The number of esters is 1. The molecule has 0 spiro atoms. The molecule has 18 heavy (non-hydrogen) atoms. The van der Waals surface area contributed by atoms with E-state index in [1.165, 1.54) is 7.11 Å². The van der Waals surface area contributed by atoms with Gasteiger partial charge in [0, 0.05) is 11.1 Å². The fourth-order valence-electron chi connectivity index (χ4n) is 1.41. The number of rotatable bonds is 2. The van der Waals surface area contributed by atoms with Crippen LogP contribution in [-0.2, 0) is 9.53 Å². The lowest BCUT2D eigenvalue weighted by atomic mass is 9.95. The third-order valence-electron chi connectivity index (χ3n) is 2.67. The first-order valence-corrected chi connectivity index (χ1v) is 5.76. The van der Waals surface area contributed by atoms with Crippen molar-refractivity contribution in [1.82, 2.24) is 0 Å². The largest absolute Gasteiger partial charge is 0.465 e. The van der Waals surface area contributed by atoms with E-state index in [-0.39, 0.29) is 5.91 Å². The SMILES string of the molecule is COC(=O)c1cccc(NC(=O)C(C)(C)C)c1C. The van der Waals surface area contributed by atoms with Crippen molar-refractivity contribution in [2.45, 2.75) is 27.7 Å². The molecule has 0 fully saturated rings. The van der Waals surface area contributed by atoms with Crippen LogP contribution < -0.4 is 5.32 Å². The van der Waals surface area contributed by atoms with E-state index in [4.69, 9.17) is 4.74 Å². The average Bonchev–Trinajstić information content (AvgIpc) is 2.29. The molecule has 1 amide bonds. The molecule has 0 saturated carbocycles. The first kappa shape index (κ1) is 14.2. The Kier molecular flexibility index (Phi) is 4.11. The van der Waals surface area contributed by atoms with Crippen LogP contribution in [0.2, 0.25) is 0 Å². The number of carbonyl (C=O) groups is 2. The van der Waals surface area contributed by atoms with E-state index in [9.17, 15) is 9.59 Å². The predicted molar refractivity (Wildman–Crippen MR) is 70.6 cm³/mol. The van der Waals surface area contributed by atoms with Crippen LogP contribution in [0.25, 0.3) is 0 Å². The lowest BCUT2D eigenvalue weighted by molar-refractivity contribution is -0.123. The highest BCUT2D eigenvalue weighted by Crippen LogP contribution is 2.22. The third-order valence-corrected chi connectivity index (χ3v) is 2.67. The Morgan fingerprint density at radius 3 is 2.33 bits per heavy atom. The Hall–Kier alpha value is -1.84. The minimum absolute atomic E-state index is 0.0902. The maximum Gasteiger partial charge on any atom is 0.338 e. The zero-order valence-corrected chi connectivity index (χ0v) is 11.5.